The van der Waals surface area contributed by atoms with E-state index < -0.39 is 0 Å². The Morgan fingerprint density at radius 2 is 1.78 bits per heavy atom. The Hall–Kier alpha value is -1.92. The van der Waals surface area contributed by atoms with Crippen molar-refractivity contribution < 1.29 is 14.7 Å². The van der Waals surface area contributed by atoms with Crippen LogP contribution in [0.1, 0.15) is 22.8 Å². The first kappa shape index (κ1) is 17.4. The van der Waals surface area contributed by atoms with E-state index in [1.54, 1.807) is 0 Å². The third kappa shape index (κ3) is 5.33. The number of aliphatic hydroxyl groups excluding tert-OH is 1. The second kappa shape index (κ2) is 8.64. The quantitative estimate of drug-likeness (QED) is 0.781. The van der Waals surface area contributed by atoms with Crippen molar-refractivity contribution in [2.45, 2.75) is 13.3 Å². The molecule has 1 saturated heterocycles. The Labute approximate surface area is 137 Å². The minimum absolute atomic E-state index is 0.0304. The highest BCUT2D eigenvalue weighted by molar-refractivity contribution is 5.94. The van der Waals surface area contributed by atoms with E-state index in [4.69, 9.17) is 5.11 Å². The van der Waals surface area contributed by atoms with Crippen LogP contribution in [0.4, 0.5) is 0 Å². The van der Waals surface area contributed by atoms with Gasteiger partial charge in [0.2, 0.25) is 5.91 Å². The topological polar surface area (TPSA) is 72.9 Å². The summed E-state index contributed by atoms with van der Waals surface area (Å²) in [7, 11) is 0. The maximum Gasteiger partial charge on any atom is 0.253 e. The van der Waals surface area contributed by atoms with Crippen molar-refractivity contribution in [2.24, 2.45) is 0 Å². The van der Waals surface area contributed by atoms with Gasteiger partial charge in [0.15, 0.2) is 0 Å². The summed E-state index contributed by atoms with van der Waals surface area (Å²) in [4.78, 5) is 27.3. The number of amides is 2. The van der Waals surface area contributed by atoms with Crippen molar-refractivity contribution in [3.63, 3.8) is 0 Å². The van der Waals surface area contributed by atoms with Gasteiger partial charge in [-0.15, -0.1) is 0 Å². The van der Waals surface area contributed by atoms with Gasteiger partial charge in [-0.2, -0.15) is 0 Å². The number of rotatable bonds is 6. The zero-order chi connectivity index (χ0) is 16.7. The van der Waals surface area contributed by atoms with Crippen LogP contribution in [0.25, 0.3) is 0 Å². The van der Waals surface area contributed by atoms with Crippen LogP contribution in [0.15, 0.2) is 24.3 Å². The third-order valence-electron chi connectivity index (χ3n) is 4.06. The number of hydrogen-bond acceptors (Lipinski definition) is 4. The minimum atomic E-state index is -0.0304. The average molecular weight is 319 g/mol. The van der Waals surface area contributed by atoms with Crippen LogP contribution in [-0.4, -0.2) is 72.6 Å². The van der Waals surface area contributed by atoms with Gasteiger partial charge < -0.3 is 15.3 Å². The first-order valence-electron chi connectivity index (χ1n) is 8.06. The molecule has 1 aliphatic heterocycles. The fourth-order valence-electron chi connectivity index (χ4n) is 2.70. The van der Waals surface area contributed by atoms with Gasteiger partial charge >= 0.3 is 0 Å². The second-order valence-electron chi connectivity index (χ2n) is 5.79. The molecule has 0 atom stereocenters. The Morgan fingerprint density at radius 3 is 2.35 bits per heavy atom. The molecular formula is C17H25N3O3. The highest BCUT2D eigenvalue weighted by Crippen LogP contribution is 2.10. The molecule has 6 nitrogen and oxygen atoms in total. The third-order valence-corrected chi connectivity index (χ3v) is 4.06. The van der Waals surface area contributed by atoms with E-state index in [0.717, 1.165) is 25.1 Å². The monoisotopic (exact) mass is 319 g/mol. The van der Waals surface area contributed by atoms with E-state index in [0.29, 0.717) is 31.7 Å². The molecule has 2 rings (SSSR count). The van der Waals surface area contributed by atoms with E-state index in [-0.39, 0.29) is 18.4 Å². The Kier molecular flexibility index (Phi) is 6.55. The van der Waals surface area contributed by atoms with Gasteiger partial charge in [0, 0.05) is 51.8 Å². The molecule has 1 fully saturated rings. The number of carbonyl (C=O) groups excluding carboxylic acids is 2. The number of nitrogens with zero attached hydrogens (tertiary/aromatic N) is 2. The summed E-state index contributed by atoms with van der Waals surface area (Å²) in [5.74, 6) is 0.0270. The number of aliphatic hydroxyl groups is 1. The first-order valence-corrected chi connectivity index (χ1v) is 8.06. The number of piperazine rings is 1. The van der Waals surface area contributed by atoms with Gasteiger partial charge in [-0.1, -0.05) is 12.1 Å². The summed E-state index contributed by atoms with van der Waals surface area (Å²) in [6, 6.07) is 7.59. The summed E-state index contributed by atoms with van der Waals surface area (Å²) in [6.07, 6.45) is 0.758. The summed E-state index contributed by atoms with van der Waals surface area (Å²) in [5.41, 5.74) is 1.80. The fraction of sp³-hybridized carbons (Fsp3) is 0.529. The van der Waals surface area contributed by atoms with E-state index >= 15 is 0 Å². The zero-order valence-electron chi connectivity index (χ0n) is 13.6. The predicted molar refractivity (Wildman–Crippen MR) is 88.3 cm³/mol. The molecule has 0 radical (unpaired) electrons. The molecule has 126 valence electrons. The van der Waals surface area contributed by atoms with Crippen molar-refractivity contribution in [1.29, 1.82) is 0 Å². The zero-order valence-corrected chi connectivity index (χ0v) is 13.6. The maximum absolute atomic E-state index is 12.5. The number of β-amino-alcohol motifs (C(OH)–C–C–N with tert-alkyl or cyclic N) is 1. The molecule has 2 N–H and O–H groups in total. The van der Waals surface area contributed by atoms with Crippen LogP contribution in [0.5, 0.6) is 0 Å². The van der Waals surface area contributed by atoms with Crippen LogP contribution in [0, 0.1) is 0 Å². The van der Waals surface area contributed by atoms with E-state index in [1.165, 1.54) is 6.92 Å². The molecule has 1 aliphatic rings. The Balaban J connectivity index is 1.84. The number of benzene rings is 1. The Morgan fingerprint density at radius 1 is 1.13 bits per heavy atom. The average Bonchev–Trinajstić information content (AvgIpc) is 2.55. The molecule has 0 aliphatic carbocycles. The second-order valence-corrected chi connectivity index (χ2v) is 5.79. The molecule has 0 saturated carbocycles. The highest BCUT2D eigenvalue weighted by Gasteiger charge is 2.21. The van der Waals surface area contributed by atoms with Gasteiger partial charge in [0.05, 0.1) is 6.61 Å². The summed E-state index contributed by atoms with van der Waals surface area (Å²) in [6.45, 7) is 5.95. The molecule has 1 heterocycles. The highest BCUT2D eigenvalue weighted by atomic mass is 16.3. The van der Waals surface area contributed by atoms with Gasteiger partial charge in [-0.3, -0.25) is 14.5 Å². The molecule has 6 heteroatoms. The smallest absolute Gasteiger partial charge is 0.253 e. The van der Waals surface area contributed by atoms with Gasteiger partial charge in [-0.05, 0) is 24.1 Å². The lowest BCUT2D eigenvalue weighted by molar-refractivity contribution is -0.118. The van der Waals surface area contributed by atoms with E-state index in [2.05, 4.69) is 10.2 Å². The molecule has 0 aromatic heterocycles. The van der Waals surface area contributed by atoms with Crippen molar-refractivity contribution in [3.8, 4) is 0 Å². The SMILES string of the molecule is CC(=O)NCCc1ccc(C(=O)N2CCN(CCO)CC2)cc1. The molecule has 1 aromatic carbocycles. The molecule has 1 aromatic rings. The summed E-state index contributed by atoms with van der Waals surface area (Å²) in [5, 5.41) is 11.7. The molecule has 0 bridgehead atoms. The first-order chi connectivity index (χ1) is 11.1. The maximum atomic E-state index is 12.5. The lowest BCUT2D eigenvalue weighted by Crippen LogP contribution is -2.49. The summed E-state index contributed by atoms with van der Waals surface area (Å²) >= 11 is 0. The number of hydrogen-bond donors (Lipinski definition) is 2. The van der Waals surface area contributed by atoms with Gasteiger partial charge in [0.25, 0.3) is 5.91 Å². The van der Waals surface area contributed by atoms with Crippen LogP contribution in [-0.2, 0) is 11.2 Å². The van der Waals surface area contributed by atoms with Gasteiger partial charge in [0.1, 0.15) is 0 Å². The summed E-state index contributed by atoms with van der Waals surface area (Å²) < 4.78 is 0. The van der Waals surface area contributed by atoms with Crippen molar-refractivity contribution in [2.75, 3.05) is 45.9 Å². The van der Waals surface area contributed by atoms with Crippen LogP contribution in [0.2, 0.25) is 0 Å². The lowest BCUT2D eigenvalue weighted by Gasteiger charge is -2.34. The number of nitrogens with one attached hydrogen (secondary N) is 1. The molecule has 0 unspecified atom stereocenters. The lowest BCUT2D eigenvalue weighted by atomic mass is 10.1. The molecule has 23 heavy (non-hydrogen) atoms. The molecule has 0 spiro atoms. The van der Waals surface area contributed by atoms with Crippen molar-refractivity contribution in [1.82, 2.24) is 15.1 Å². The van der Waals surface area contributed by atoms with Crippen LogP contribution in [0.3, 0.4) is 0 Å². The van der Waals surface area contributed by atoms with Gasteiger partial charge in [-0.25, -0.2) is 0 Å². The van der Waals surface area contributed by atoms with Crippen molar-refractivity contribution in [3.05, 3.63) is 35.4 Å². The van der Waals surface area contributed by atoms with E-state index in [1.807, 2.05) is 29.2 Å². The number of carbonyl (C=O) groups is 2. The van der Waals surface area contributed by atoms with E-state index in [9.17, 15) is 9.59 Å². The largest absolute Gasteiger partial charge is 0.395 e. The predicted octanol–water partition coefficient (Wildman–Crippen LogP) is 0.115. The van der Waals surface area contributed by atoms with Crippen molar-refractivity contribution >= 4 is 11.8 Å². The van der Waals surface area contributed by atoms with Crippen LogP contribution < -0.4 is 5.32 Å². The van der Waals surface area contributed by atoms with Crippen LogP contribution >= 0.6 is 0 Å². The molecular weight excluding hydrogens is 294 g/mol. The Bertz CT molecular complexity index is 522. The standard InChI is InChI=1S/C17H25N3O3/c1-14(22)18-7-6-15-2-4-16(5-3-15)17(23)20-10-8-19(9-11-20)12-13-21/h2-5,21H,6-13H2,1H3,(H,18,22). The normalized spacial score (nSPS) is 15.5. The molecule has 2 amide bonds. The minimum Gasteiger partial charge on any atom is -0.395 e. The fourth-order valence-corrected chi connectivity index (χ4v) is 2.70.